The van der Waals surface area contributed by atoms with Crippen LogP contribution in [0.3, 0.4) is 0 Å². The highest BCUT2D eigenvalue weighted by atomic mass is 35.5. The van der Waals surface area contributed by atoms with E-state index in [0.717, 1.165) is 0 Å². The maximum absolute atomic E-state index is 12.5. The Labute approximate surface area is 152 Å². The van der Waals surface area contributed by atoms with Crippen molar-refractivity contribution in [1.82, 2.24) is 19.7 Å². The van der Waals surface area contributed by atoms with Crippen molar-refractivity contribution in [3.8, 4) is 6.07 Å². The summed E-state index contributed by atoms with van der Waals surface area (Å²) >= 11 is 6.07. The van der Waals surface area contributed by atoms with Crippen molar-refractivity contribution in [2.24, 2.45) is 0 Å². The average Bonchev–Trinajstić information content (AvgIpc) is 2.65. The van der Waals surface area contributed by atoms with Crippen molar-refractivity contribution in [2.75, 3.05) is 36.0 Å². The number of hydrogen-bond acceptors (Lipinski definition) is 7. The molecule has 0 spiro atoms. The summed E-state index contributed by atoms with van der Waals surface area (Å²) in [6.07, 6.45) is 0.167. The summed E-state index contributed by atoms with van der Waals surface area (Å²) in [6, 6.07) is 3.50. The van der Waals surface area contributed by atoms with Gasteiger partial charge in [-0.1, -0.05) is 11.6 Å². The van der Waals surface area contributed by atoms with Gasteiger partial charge in [0.2, 0.25) is 5.95 Å². The minimum atomic E-state index is -2.69. The van der Waals surface area contributed by atoms with Gasteiger partial charge in [0.15, 0.2) is 0 Å². The van der Waals surface area contributed by atoms with E-state index in [1.54, 1.807) is 0 Å². The quantitative estimate of drug-likeness (QED) is 0.784. The Morgan fingerprint density at radius 1 is 1.27 bits per heavy atom. The third-order valence-corrected chi connectivity index (χ3v) is 4.29. The summed E-state index contributed by atoms with van der Waals surface area (Å²) in [6.45, 7) is 1.33. The van der Waals surface area contributed by atoms with E-state index in [4.69, 9.17) is 16.9 Å². The highest BCUT2D eigenvalue weighted by Gasteiger charge is 2.23. The highest BCUT2D eigenvalue weighted by molar-refractivity contribution is 6.33. The Bertz CT molecular complexity index is 890. The molecule has 11 heteroatoms. The van der Waals surface area contributed by atoms with Gasteiger partial charge in [0.25, 0.3) is 12.0 Å². The zero-order valence-electron chi connectivity index (χ0n) is 13.5. The Morgan fingerprint density at radius 2 is 1.96 bits per heavy atom. The van der Waals surface area contributed by atoms with Crippen LogP contribution in [0.15, 0.2) is 23.3 Å². The standard InChI is InChI=1S/C15H14ClF2N7O/c16-13-11(8-21-25(14(13)26)9-12(17)18)23-3-5-24(6-4-23)15-20-2-1-10(7-19)22-15/h1-2,8,12H,3-6,9H2. The molecular formula is C15H14ClF2N7O. The number of halogens is 3. The molecule has 0 amide bonds. The third-order valence-electron chi connectivity index (χ3n) is 3.94. The molecule has 0 bridgehead atoms. The first kappa shape index (κ1) is 18.0. The number of anilines is 2. The molecule has 0 radical (unpaired) electrons. The van der Waals surface area contributed by atoms with Crippen LogP contribution in [-0.2, 0) is 6.54 Å². The zero-order valence-corrected chi connectivity index (χ0v) is 14.3. The van der Waals surface area contributed by atoms with Crippen molar-refractivity contribution in [3.63, 3.8) is 0 Å². The van der Waals surface area contributed by atoms with Gasteiger partial charge < -0.3 is 9.80 Å². The topological polar surface area (TPSA) is 90.9 Å². The van der Waals surface area contributed by atoms with Gasteiger partial charge in [-0.2, -0.15) is 10.4 Å². The highest BCUT2D eigenvalue weighted by Crippen LogP contribution is 2.23. The van der Waals surface area contributed by atoms with Gasteiger partial charge in [0.05, 0.1) is 11.9 Å². The maximum Gasteiger partial charge on any atom is 0.287 e. The normalized spacial score (nSPS) is 14.6. The summed E-state index contributed by atoms with van der Waals surface area (Å²) < 4.78 is 25.6. The first-order chi connectivity index (χ1) is 12.5. The first-order valence-electron chi connectivity index (χ1n) is 7.76. The van der Waals surface area contributed by atoms with Crippen LogP contribution in [0.5, 0.6) is 0 Å². The monoisotopic (exact) mass is 381 g/mol. The molecule has 2 aromatic heterocycles. The van der Waals surface area contributed by atoms with E-state index < -0.39 is 18.5 Å². The molecule has 1 fully saturated rings. The van der Waals surface area contributed by atoms with Crippen molar-refractivity contribution in [2.45, 2.75) is 13.0 Å². The molecule has 0 unspecified atom stereocenters. The Balaban J connectivity index is 1.73. The van der Waals surface area contributed by atoms with Crippen LogP contribution in [0.25, 0.3) is 0 Å². The predicted molar refractivity (Wildman–Crippen MR) is 90.7 cm³/mol. The molecule has 0 aliphatic carbocycles. The van der Waals surface area contributed by atoms with Gasteiger partial charge in [-0.3, -0.25) is 4.79 Å². The van der Waals surface area contributed by atoms with Crippen LogP contribution in [0.1, 0.15) is 5.69 Å². The minimum Gasteiger partial charge on any atom is -0.365 e. The van der Waals surface area contributed by atoms with Gasteiger partial charge >= 0.3 is 0 Å². The summed E-state index contributed by atoms with van der Waals surface area (Å²) in [5, 5.41) is 12.6. The van der Waals surface area contributed by atoms with Crippen LogP contribution in [0.4, 0.5) is 20.4 Å². The summed E-state index contributed by atoms with van der Waals surface area (Å²) in [4.78, 5) is 24.2. The number of aromatic nitrogens is 4. The van der Waals surface area contributed by atoms with E-state index in [2.05, 4.69) is 15.1 Å². The van der Waals surface area contributed by atoms with E-state index in [1.807, 2.05) is 15.9 Å². The molecular weight excluding hydrogens is 368 g/mol. The molecule has 1 aliphatic heterocycles. The molecule has 26 heavy (non-hydrogen) atoms. The van der Waals surface area contributed by atoms with Crippen LogP contribution in [0, 0.1) is 11.3 Å². The van der Waals surface area contributed by atoms with Crippen molar-refractivity contribution in [3.05, 3.63) is 39.5 Å². The lowest BCUT2D eigenvalue weighted by molar-refractivity contribution is 0.119. The van der Waals surface area contributed by atoms with Crippen LogP contribution < -0.4 is 15.4 Å². The number of nitrogens with zero attached hydrogens (tertiary/aromatic N) is 7. The van der Waals surface area contributed by atoms with E-state index in [-0.39, 0.29) is 10.7 Å². The van der Waals surface area contributed by atoms with Crippen LogP contribution in [0.2, 0.25) is 5.02 Å². The second kappa shape index (κ2) is 7.61. The Morgan fingerprint density at radius 3 is 2.62 bits per heavy atom. The fraction of sp³-hybridized carbons (Fsp3) is 0.400. The fourth-order valence-electron chi connectivity index (χ4n) is 2.65. The lowest BCUT2D eigenvalue weighted by Crippen LogP contribution is -2.47. The summed E-state index contributed by atoms with van der Waals surface area (Å²) in [5.74, 6) is 0.459. The molecule has 1 aliphatic rings. The molecule has 136 valence electrons. The van der Waals surface area contributed by atoms with Gasteiger partial charge in [0, 0.05) is 32.4 Å². The van der Waals surface area contributed by atoms with Gasteiger partial charge in [0.1, 0.15) is 23.3 Å². The van der Waals surface area contributed by atoms with Crippen molar-refractivity contribution in [1.29, 1.82) is 5.26 Å². The van der Waals surface area contributed by atoms with Crippen LogP contribution in [-0.4, -0.2) is 52.4 Å². The van der Waals surface area contributed by atoms with Gasteiger partial charge in [-0.25, -0.2) is 23.4 Å². The fourth-order valence-corrected chi connectivity index (χ4v) is 2.91. The van der Waals surface area contributed by atoms with Crippen molar-refractivity contribution >= 4 is 23.2 Å². The second-order valence-corrected chi connectivity index (χ2v) is 5.93. The maximum atomic E-state index is 12.5. The third kappa shape index (κ3) is 3.72. The molecule has 8 nitrogen and oxygen atoms in total. The minimum absolute atomic E-state index is 0.128. The molecule has 3 heterocycles. The molecule has 0 aromatic carbocycles. The van der Waals surface area contributed by atoms with Gasteiger partial charge in [-0.05, 0) is 6.07 Å². The largest absolute Gasteiger partial charge is 0.365 e. The molecule has 0 saturated carbocycles. The van der Waals surface area contributed by atoms with E-state index >= 15 is 0 Å². The summed E-state index contributed by atoms with van der Waals surface area (Å²) in [5.41, 5.74) is -0.0437. The number of rotatable bonds is 4. The van der Waals surface area contributed by atoms with E-state index in [1.165, 1.54) is 18.5 Å². The summed E-state index contributed by atoms with van der Waals surface area (Å²) in [7, 11) is 0. The smallest absolute Gasteiger partial charge is 0.287 e. The van der Waals surface area contributed by atoms with Crippen molar-refractivity contribution < 1.29 is 8.78 Å². The second-order valence-electron chi connectivity index (χ2n) is 5.55. The van der Waals surface area contributed by atoms with Gasteiger partial charge in [-0.15, -0.1) is 0 Å². The molecule has 1 saturated heterocycles. The lowest BCUT2D eigenvalue weighted by atomic mass is 10.3. The SMILES string of the molecule is N#Cc1ccnc(N2CCN(c3cnn(CC(F)F)c(=O)c3Cl)CC2)n1. The van der Waals surface area contributed by atoms with E-state index in [0.29, 0.717) is 42.5 Å². The number of hydrogen-bond donors (Lipinski definition) is 0. The molecule has 0 atom stereocenters. The number of nitriles is 1. The predicted octanol–water partition coefficient (Wildman–Crippen LogP) is 1.15. The Hall–Kier alpha value is -2.80. The lowest BCUT2D eigenvalue weighted by Gasteiger charge is -2.36. The zero-order chi connectivity index (χ0) is 18.7. The van der Waals surface area contributed by atoms with Crippen LogP contribution >= 0.6 is 11.6 Å². The van der Waals surface area contributed by atoms with E-state index in [9.17, 15) is 13.6 Å². The number of alkyl halides is 2. The first-order valence-corrected chi connectivity index (χ1v) is 8.14. The Kier molecular flexibility index (Phi) is 5.27. The number of piperazine rings is 1. The molecule has 2 aromatic rings. The molecule has 3 rings (SSSR count). The average molecular weight is 382 g/mol. The molecule has 0 N–H and O–H groups in total.